The molecule has 0 aromatic heterocycles. The summed E-state index contributed by atoms with van der Waals surface area (Å²) < 4.78 is 5.76. The van der Waals surface area contributed by atoms with E-state index in [1.165, 1.54) is 33.4 Å². The summed E-state index contributed by atoms with van der Waals surface area (Å²) in [4.78, 5) is 0. The maximum Gasteiger partial charge on any atom is 0.119 e. The Bertz CT molecular complexity index is 872. The van der Waals surface area contributed by atoms with Crippen LogP contribution < -0.4 is 4.74 Å². The highest BCUT2D eigenvalue weighted by Gasteiger charge is 2.13. The first-order valence-corrected chi connectivity index (χ1v) is 11.8. The van der Waals surface area contributed by atoms with Gasteiger partial charge in [-0.1, -0.05) is 114 Å². The molecule has 0 amide bonds. The van der Waals surface area contributed by atoms with E-state index in [4.69, 9.17) is 4.74 Å². The summed E-state index contributed by atoms with van der Waals surface area (Å²) in [6, 6.07) is 28.0. The number of rotatable bonds is 7. The Labute approximate surface area is 190 Å². The average molecular weight is 417 g/mol. The second-order valence-corrected chi connectivity index (χ2v) is 6.81. The summed E-state index contributed by atoms with van der Waals surface area (Å²) in [6.45, 7) is 15.2. The number of benzene rings is 3. The quantitative estimate of drug-likeness (QED) is 0.349. The van der Waals surface area contributed by atoms with Crippen LogP contribution in [0.5, 0.6) is 5.75 Å². The smallest absolute Gasteiger partial charge is 0.119 e. The molecule has 0 fully saturated rings. The van der Waals surface area contributed by atoms with Gasteiger partial charge in [-0.2, -0.15) is 0 Å². The molecule has 0 N–H and O–H groups in total. The van der Waals surface area contributed by atoms with Crippen molar-refractivity contribution in [3.05, 3.63) is 101 Å². The molecule has 0 heterocycles. The van der Waals surface area contributed by atoms with Gasteiger partial charge in [0.25, 0.3) is 0 Å². The van der Waals surface area contributed by atoms with Crippen molar-refractivity contribution in [1.82, 2.24) is 0 Å². The molecule has 3 aromatic carbocycles. The third-order valence-electron chi connectivity index (χ3n) is 4.73. The highest BCUT2D eigenvalue weighted by Crippen LogP contribution is 2.35. The SMILES string of the molecule is CC.CC.CCCOc1ccc(/C(=C(/CC)c2ccc(C)cc2)c2ccccc2)cc1. The molecule has 3 rings (SSSR count). The Morgan fingerprint density at radius 3 is 1.68 bits per heavy atom. The number of hydrogen-bond acceptors (Lipinski definition) is 1. The summed E-state index contributed by atoms with van der Waals surface area (Å²) in [5.41, 5.74) is 7.70. The normalized spacial score (nSPS) is 10.7. The Balaban J connectivity index is 0.00000113. The van der Waals surface area contributed by atoms with Crippen LogP contribution in [0.1, 0.15) is 76.6 Å². The summed E-state index contributed by atoms with van der Waals surface area (Å²) in [6.07, 6.45) is 1.99. The van der Waals surface area contributed by atoms with Crippen LogP contribution in [-0.4, -0.2) is 6.61 Å². The van der Waals surface area contributed by atoms with Crippen molar-refractivity contribution < 1.29 is 4.74 Å². The van der Waals surface area contributed by atoms with Crippen LogP contribution in [0.3, 0.4) is 0 Å². The van der Waals surface area contributed by atoms with Crippen molar-refractivity contribution in [3.63, 3.8) is 0 Å². The van der Waals surface area contributed by atoms with Gasteiger partial charge in [0, 0.05) is 0 Å². The molecule has 0 radical (unpaired) electrons. The van der Waals surface area contributed by atoms with E-state index < -0.39 is 0 Å². The standard InChI is InChI=1S/C26H28O.2C2H6/c1-4-19-27-24-17-15-23(16-18-24)26(22-9-7-6-8-10-22)25(5-2)21-13-11-20(3)12-14-21;2*1-2/h6-18H,4-5,19H2,1-3H3;2*1-2H3/b26-25-;;. The number of ether oxygens (including phenoxy) is 1. The molecule has 0 saturated heterocycles. The van der Waals surface area contributed by atoms with Crippen molar-refractivity contribution >= 4 is 11.1 Å². The molecule has 0 saturated carbocycles. The van der Waals surface area contributed by atoms with Gasteiger partial charge < -0.3 is 4.74 Å². The van der Waals surface area contributed by atoms with Crippen molar-refractivity contribution in [2.75, 3.05) is 6.61 Å². The van der Waals surface area contributed by atoms with Gasteiger partial charge in [-0.3, -0.25) is 0 Å². The minimum Gasteiger partial charge on any atom is -0.494 e. The fourth-order valence-corrected chi connectivity index (χ4v) is 3.34. The van der Waals surface area contributed by atoms with Gasteiger partial charge in [0.15, 0.2) is 0 Å². The second-order valence-electron chi connectivity index (χ2n) is 6.81. The van der Waals surface area contributed by atoms with E-state index in [9.17, 15) is 0 Å². The van der Waals surface area contributed by atoms with Gasteiger partial charge in [0.05, 0.1) is 6.61 Å². The van der Waals surface area contributed by atoms with Crippen LogP contribution in [0.4, 0.5) is 0 Å². The fourth-order valence-electron chi connectivity index (χ4n) is 3.34. The van der Waals surface area contributed by atoms with Gasteiger partial charge in [-0.15, -0.1) is 0 Å². The van der Waals surface area contributed by atoms with Crippen LogP contribution in [0.15, 0.2) is 78.9 Å². The fraction of sp³-hybridized carbons (Fsp3) is 0.333. The predicted octanol–water partition coefficient (Wildman–Crippen LogP) is 9.21. The largest absolute Gasteiger partial charge is 0.494 e. The van der Waals surface area contributed by atoms with E-state index in [0.717, 1.165) is 25.2 Å². The average Bonchev–Trinajstić information content (AvgIpc) is 2.85. The molecule has 31 heavy (non-hydrogen) atoms. The van der Waals surface area contributed by atoms with Crippen molar-refractivity contribution in [1.29, 1.82) is 0 Å². The molecule has 0 unspecified atom stereocenters. The lowest BCUT2D eigenvalue weighted by Gasteiger charge is -2.17. The van der Waals surface area contributed by atoms with Crippen LogP contribution >= 0.6 is 0 Å². The van der Waals surface area contributed by atoms with Crippen molar-refractivity contribution in [2.24, 2.45) is 0 Å². The van der Waals surface area contributed by atoms with Gasteiger partial charge in [-0.05, 0) is 59.7 Å². The highest BCUT2D eigenvalue weighted by atomic mass is 16.5. The zero-order valence-electron chi connectivity index (χ0n) is 20.5. The van der Waals surface area contributed by atoms with Crippen LogP contribution in [0, 0.1) is 6.92 Å². The lowest BCUT2D eigenvalue weighted by atomic mass is 9.88. The van der Waals surface area contributed by atoms with E-state index in [-0.39, 0.29) is 0 Å². The van der Waals surface area contributed by atoms with Crippen molar-refractivity contribution in [3.8, 4) is 5.75 Å². The lowest BCUT2D eigenvalue weighted by Crippen LogP contribution is -1.97. The molecule has 0 spiro atoms. The Hall–Kier alpha value is -2.80. The van der Waals surface area contributed by atoms with E-state index in [0.29, 0.717) is 0 Å². The monoisotopic (exact) mass is 416 g/mol. The summed E-state index contributed by atoms with van der Waals surface area (Å²) in [7, 11) is 0. The zero-order valence-corrected chi connectivity index (χ0v) is 20.5. The molecular weight excluding hydrogens is 376 g/mol. The first-order valence-electron chi connectivity index (χ1n) is 11.8. The van der Waals surface area contributed by atoms with E-state index in [1.807, 2.05) is 27.7 Å². The van der Waals surface area contributed by atoms with E-state index in [1.54, 1.807) is 0 Å². The molecule has 0 atom stereocenters. The van der Waals surface area contributed by atoms with Crippen LogP contribution in [0.2, 0.25) is 0 Å². The molecule has 0 bridgehead atoms. The number of hydrogen-bond donors (Lipinski definition) is 0. The molecule has 1 heteroatoms. The van der Waals surface area contributed by atoms with Gasteiger partial charge in [0.2, 0.25) is 0 Å². The van der Waals surface area contributed by atoms with E-state index >= 15 is 0 Å². The van der Waals surface area contributed by atoms with Gasteiger partial charge in [0.1, 0.15) is 5.75 Å². The number of allylic oxidation sites excluding steroid dienone is 1. The molecular formula is C30H40O. The third kappa shape index (κ3) is 7.75. The Kier molecular flexibility index (Phi) is 12.8. The maximum absolute atomic E-state index is 5.76. The minimum atomic E-state index is 0.754. The minimum absolute atomic E-state index is 0.754. The topological polar surface area (TPSA) is 9.23 Å². The maximum atomic E-state index is 5.76. The summed E-state index contributed by atoms with van der Waals surface area (Å²) in [5.74, 6) is 0.932. The Morgan fingerprint density at radius 2 is 1.16 bits per heavy atom. The van der Waals surface area contributed by atoms with E-state index in [2.05, 4.69) is 99.6 Å². The lowest BCUT2D eigenvalue weighted by molar-refractivity contribution is 0.317. The molecule has 3 aromatic rings. The van der Waals surface area contributed by atoms with Gasteiger partial charge in [-0.25, -0.2) is 0 Å². The first-order chi connectivity index (χ1) is 15.2. The third-order valence-corrected chi connectivity index (χ3v) is 4.73. The van der Waals surface area contributed by atoms with Crippen molar-refractivity contribution in [2.45, 2.75) is 61.3 Å². The van der Waals surface area contributed by atoms with Gasteiger partial charge >= 0.3 is 0 Å². The summed E-state index contributed by atoms with van der Waals surface area (Å²) >= 11 is 0. The molecule has 166 valence electrons. The first kappa shape index (κ1) is 26.2. The highest BCUT2D eigenvalue weighted by molar-refractivity contribution is 5.98. The summed E-state index contributed by atoms with van der Waals surface area (Å²) in [5, 5.41) is 0. The van der Waals surface area contributed by atoms with Crippen LogP contribution in [0.25, 0.3) is 11.1 Å². The molecule has 0 aliphatic heterocycles. The Morgan fingerprint density at radius 1 is 0.645 bits per heavy atom. The predicted molar refractivity (Wildman–Crippen MR) is 139 cm³/mol. The second kappa shape index (κ2) is 15.1. The number of aryl methyl sites for hydroxylation is 1. The molecule has 1 nitrogen and oxygen atoms in total. The van der Waals surface area contributed by atoms with Crippen LogP contribution in [-0.2, 0) is 0 Å². The molecule has 0 aliphatic rings. The molecule has 0 aliphatic carbocycles. The zero-order chi connectivity index (χ0) is 23.1.